The highest BCUT2D eigenvalue weighted by Crippen LogP contribution is 2.11. The minimum absolute atomic E-state index is 0.188. The van der Waals surface area contributed by atoms with Crippen molar-refractivity contribution in [1.82, 2.24) is 4.98 Å². The molecule has 0 unspecified atom stereocenters. The first-order valence-electron chi connectivity index (χ1n) is 2.88. The van der Waals surface area contributed by atoms with Crippen molar-refractivity contribution in [2.45, 2.75) is 0 Å². The van der Waals surface area contributed by atoms with E-state index >= 15 is 0 Å². The maximum atomic E-state index is 10.6. The number of anilines is 1. The summed E-state index contributed by atoms with van der Waals surface area (Å²) in [6.07, 6.45) is 0. The molecule has 0 aliphatic rings. The molecule has 1 aromatic rings. The van der Waals surface area contributed by atoms with E-state index in [-0.39, 0.29) is 16.5 Å². The number of nitrogens with zero attached hydrogens (tertiary/aromatic N) is 2. The van der Waals surface area contributed by atoms with Crippen LogP contribution in [0.2, 0.25) is 0 Å². The molecule has 0 radical (unpaired) electrons. The van der Waals surface area contributed by atoms with Gasteiger partial charge in [0.25, 0.3) is 5.91 Å². The van der Waals surface area contributed by atoms with Gasteiger partial charge in [-0.15, -0.1) is 11.3 Å². The molecule has 1 rings (SSSR count). The first-order chi connectivity index (χ1) is 5.65. The molecular weight excluding hydrogens is 180 g/mol. The summed E-state index contributed by atoms with van der Waals surface area (Å²) in [6.45, 7) is 0. The molecule has 0 fully saturated rings. The van der Waals surface area contributed by atoms with Gasteiger partial charge >= 0.3 is 0 Å². The Morgan fingerprint density at radius 2 is 2.42 bits per heavy atom. The minimum Gasteiger partial charge on any atom is -0.410 e. The lowest BCUT2D eigenvalue weighted by atomic mass is 10.3. The lowest BCUT2D eigenvalue weighted by Gasteiger charge is -1.91. The zero-order chi connectivity index (χ0) is 9.14. The third kappa shape index (κ3) is 1.51. The zero-order valence-corrected chi connectivity index (χ0v) is 6.71. The lowest BCUT2D eigenvalue weighted by molar-refractivity contribution is -0.112. The Labute approximate surface area is 71.5 Å². The van der Waals surface area contributed by atoms with Crippen molar-refractivity contribution >= 4 is 28.1 Å². The maximum absolute atomic E-state index is 10.6. The van der Waals surface area contributed by atoms with Gasteiger partial charge in [-0.3, -0.25) is 4.79 Å². The molecule has 12 heavy (non-hydrogen) atoms. The fourth-order valence-corrected chi connectivity index (χ4v) is 1.17. The van der Waals surface area contributed by atoms with Gasteiger partial charge in [0.05, 0.1) is 0 Å². The van der Waals surface area contributed by atoms with Crippen LogP contribution in [0.25, 0.3) is 0 Å². The van der Waals surface area contributed by atoms with E-state index in [1.807, 2.05) is 0 Å². The fraction of sp³-hybridized carbons (Fsp3) is 0. The van der Waals surface area contributed by atoms with Gasteiger partial charge in [-0.2, -0.15) is 0 Å². The first-order valence-corrected chi connectivity index (χ1v) is 3.76. The molecule has 0 aromatic carbocycles. The van der Waals surface area contributed by atoms with Gasteiger partial charge in [-0.1, -0.05) is 5.16 Å². The van der Waals surface area contributed by atoms with Crippen LogP contribution >= 0.6 is 11.3 Å². The van der Waals surface area contributed by atoms with Crippen molar-refractivity contribution in [2.75, 3.05) is 5.73 Å². The molecule has 0 spiro atoms. The molecule has 5 N–H and O–H groups in total. The molecule has 0 atom stereocenters. The van der Waals surface area contributed by atoms with E-state index in [0.29, 0.717) is 0 Å². The third-order valence-corrected chi connectivity index (χ3v) is 1.77. The number of hydrogen-bond donors (Lipinski definition) is 3. The van der Waals surface area contributed by atoms with Gasteiger partial charge in [-0.25, -0.2) is 4.98 Å². The molecule has 0 aliphatic heterocycles. The van der Waals surface area contributed by atoms with Crippen LogP contribution in [0, 0.1) is 0 Å². The number of oxime groups is 1. The van der Waals surface area contributed by atoms with Crippen molar-refractivity contribution in [3.63, 3.8) is 0 Å². The normalized spacial score (nSPS) is 11.5. The van der Waals surface area contributed by atoms with Gasteiger partial charge < -0.3 is 16.7 Å². The lowest BCUT2D eigenvalue weighted by Crippen LogP contribution is -2.24. The monoisotopic (exact) mass is 186 g/mol. The molecule has 7 heteroatoms. The van der Waals surface area contributed by atoms with Crippen LogP contribution in [0.15, 0.2) is 10.5 Å². The average molecular weight is 186 g/mol. The second-order valence-electron chi connectivity index (χ2n) is 1.88. The van der Waals surface area contributed by atoms with Crippen LogP contribution in [0.4, 0.5) is 5.13 Å². The van der Waals surface area contributed by atoms with Gasteiger partial charge in [0, 0.05) is 5.38 Å². The van der Waals surface area contributed by atoms with Crippen LogP contribution < -0.4 is 11.5 Å². The molecule has 0 saturated heterocycles. The number of nitrogen functional groups attached to an aromatic ring is 1. The standard InChI is InChI=1S/C5H6N4O2S/c6-4(10)3(9-11)2-1-12-5(7)8-2/h1,11H,(H2,6,10)(H2,7,8). The predicted octanol–water partition coefficient (Wildman–Crippen LogP) is -0.611. The van der Waals surface area contributed by atoms with Crippen LogP contribution in [-0.2, 0) is 4.79 Å². The van der Waals surface area contributed by atoms with E-state index < -0.39 is 5.91 Å². The molecule has 6 nitrogen and oxygen atoms in total. The molecule has 1 aromatic heterocycles. The number of aromatic nitrogens is 1. The smallest absolute Gasteiger partial charge is 0.273 e. The number of nitrogens with two attached hydrogens (primary N) is 2. The quantitative estimate of drug-likeness (QED) is 0.324. The highest BCUT2D eigenvalue weighted by Gasteiger charge is 2.13. The molecule has 1 heterocycles. The summed E-state index contributed by atoms with van der Waals surface area (Å²) in [5.41, 5.74) is 10.1. The van der Waals surface area contributed by atoms with Crippen molar-refractivity contribution in [3.8, 4) is 0 Å². The van der Waals surface area contributed by atoms with Crippen LogP contribution in [-0.4, -0.2) is 21.8 Å². The predicted molar refractivity (Wildman–Crippen MR) is 44.0 cm³/mol. The Bertz CT molecular complexity index is 332. The summed E-state index contributed by atoms with van der Waals surface area (Å²) in [6, 6.07) is 0. The molecule has 0 aliphatic carbocycles. The summed E-state index contributed by atoms with van der Waals surface area (Å²) in [5.74, 6) is -0.845. The Morgan fingerprint density at radius 1 is 1.75 bits per heavy atom. The van der Waals surface area contributed by atoms with E-state index in [4.69, 9.17) is 16.7 Å². The van der Waals surface area contributed by atoms with Crippen LogP contribution in [0.5, 0.6) is 0 Å². The molecule has 0 saturated carbocycles. The number of primary amides is 1. The number of carbonyl (C=O) groups is 1. The van der Waals surface area contributed by atoms with Gasteiger partial charge in [0.1, 0.15) is 5.69 Å². The Morgan fingerprint density at radius 3 is 2.75 bits per heavy atom. The van der Waals surface area contributed by atoms with E-state index in [1.165, 1.54) is 5.38 Å². The molecule has 64 valence electrons. The van der Waals surface area contributed by atoms with Crippen molar-refractivity contribution in [2.24, 2.45) is 10.9 Å². The van der Waals surface area contributed by atoms with E-state index in [2.05, 4.69) is 10.1 Å². The third-order valence-electron chi connectivity index (χ3n) is 1.10. The summed E-state index contributed by atoms with van der Waals surface area (Å²) in [7, 11) is 0. The Kier molecular flexibility index (Phi) is 2.24. The largest absolute Gasteiger partial charge is 0.410 e. The van der Waals surface area contributed by atoms with E-state index in [1.54, 1.807) is 0 Å². The molecule has 1 amide bonds. The number of hydrogen-bond acceptors (Lipinski definition) is 6. The first kappa shape index (κ1) is 8.47. The Hall–Kier alpha value is -1.63. The summed E-state index contributed by atoms with van der Waals surface area (Å²) in [4.78, 5) is 14.3. The van der Waals surface area contributed by atoms with E-state index in [9.17, 15) is 4.79 Å². The molecule has 0 bridgehead atoms. The highest BCUT2D eigenvalue weighted by atomic mass is 32.1. The van der Waals surface area contributed by atoms with E-state index in [0.717, 1.165) is 11.3 Å². The van der Waals surface area contributed by atoms with Crippen LogP contribution in [0.1, 0.15) is 5.69 Å². The summed E-state index contributed by atoms with van der Waals surface area (Å²) >= 11 is 1.13. The fourth-order valence-electron chi connectivity index (χ4n) is 0.623. The average Bonchev–Trinajstić information content (AvgIpc) is 2.37. The van der Waals surface area contributed by atoms with Crippen molar-refractivity contribution in [3.05, 3.63) is 11.1 Å². The number of rotatable bonds is 2. The zero-order valence-electron chi connectivity index (χ0n) is 5.89. The van der Waals surface area contributed by atoms with Crippen LogP contribution in [0.3, 0.4) is 0 Å². The van der Waals surface area contributed by atoms with Gasteiger partial charge in [0.15, 0.2) is 10.8 Å². The summed E-state index contributed by atoms with van der Waals surface area (Å²) < 4.78 is 0. The van der Waals surface area contributed by atoms with Gasteiger partial charge in [0.2, 0.25) is 0 Å². The second-order valence-corrected chi connectivity index (χ2v) is 2.77. The number of carbonyl (C=O) groups excluding carboxylic acids is 1. The Balaban J connectivity index is 3.04. The number of amides is 1. The molecular formula is C5H6N4O2S. The highest BCUT2D eigenvalue weighted by molar-refractivity contribution is 7.13. The maximum Gasteiger partial charge on any atom is 0.273 e. The van der Waals surface area contributed by atoms with Gasteiger partial charge in [-0.05, 0) is 0 Å². The minimum atomic E-state index is -0.845. The SMILES string of the molecule is NC(=O)C(=NO)c1csc(N)n1. The van der Waals surface area contributed by atoms with Crippen molar-refractivity contribution in [1.29, 1.82) is 0 Å². The van der Waals surface area contributed by atoms with Crippen molar-refractivity contribution < 1.29 is 10.0 Å². The second kappa shape index (κ2) is 3.18. The summed E-state index contributed by atoms with van der Waals surface area (Å²) in [5, 5.41) is 12.8. The topological polar surface area (TPSA) is 115 Å². The number of thiazole rings is 1.